The van der Waals surface area contributed by atoms with Crippen molar-refractivity contribution in [1.29, 1.82) is 0 Å². The van der Waals surface area contributed by atoms with Crippen molar-refractivity contribution in [3.05, 3.63) is 143 Å². The molecule has 4 rings (SSSR count). The molecule has 2 N–H and O–H groups in total. The Kier molecular flexibility index (Phi) is 10.6. The Morgan fingerprint density at radius 2 is 1.00 bits per heavy atom. The van der Waals surface area contributed by atoms with E-state index in [9.17, 15) is 9.59 Å². The molecular weight excluding hydrogens is 519 g/mol. The van der Waals surface area contributed by atoms with Crippen molar-refractivity contribution in [2.24, 2.45) is 0 Å². The number of ether oxygens (including phenoxy) is 2. The number of benzene rings is 2. The molecule has 7 nitrogen and oxygen atoms in total. The van der Waals surface area contributed by atoms with Gasteiger partial charge in [-0.2, -0.15) is 0 Å². The molecule has 2 aliphatic rings. The van der Waals surface area contributed by atoms with Crippen molar-refractivity contribution in [3.63, 3.8) is 0 Å². The van der Waals surface area contributed by atoms with Crippen LogP contribution >= 0.6 is 0 Å². The van der Waals surface area contributed by atoms with Gasteiger partial charge in [0.1, 0.15) is 11.5 Å². The number of carbonyl (C=O) groups is 2. The van der Waals surface area contributed by atoms with E-state index in [1.54, 1.807) is 50.9 Å². The number of nitrogens with one attached hydrogen (secondary N) is 2. The van der Waals surface area contributed by atoms with Crippen LogP contribution in [0.15, 0.2) is 132 Å². The molecule has 0 radical (unpaired) electrons. The average Bonchev–Trinajstić information content (AvgIpc) is 2.98. The molecule has 0 saturated heterocycles. The van der Waals surface area contributed by atoms with E-state index in [1.165, 1.54) is 12.2 Å². The van der Waals surface area contributed by atoms with Crippen LogP contribution < -0.4 is 10.6 Å². The molecule has 191 valence electrons. The second-order valence-electron chi connectivity index (χ2n) is 7.87. The van der Waals surface area contributed by atoms with Crippen LogP contribution in [0.4, 0.5) is 0 Å². The summed E-state index contributed by atoms with van der Waals surface area (Å²) < 4.78 is 18.7. The number of ketones is 2. The summed E-state index contributed by atoms with van der Waals surface area (Å²) in [6, 6.07) is 19.5. The zero-order valence-corrected chi connectivity index (χ0v) is 22.3. The van der Waals surface area contributed by atoms with Gasteiger partial charge in [0.2, 0.25) is 0 Å². The van der Waals surface area contributed by atoms with Crippen LogP contribution in [-0.2, 0) is 40.1 Å². The second-order valence-corrected chi connectivity index (χ2v) is 7.87. The number of allylic oxidation sites excluding steroid dienone is 8. The summed E-state index contributed by atoms with van der Waals surface area (Å²) in [6.45, 7) is 0. The predicted octanol–water partition coefficient (Wildman–Crippen LogP) is 4.68. The molecule has 0 heterocycles. The monoisotopic (exact) mass is 545 g/mol. The molecule has 0 unspecified atom stereocenters. The van der Waals surface area contributed by atoms with Gasteiger partial charge in [-0.05, 0) is 36.5 Å². The Labute approximate surface area is 230 Å². The van der Waals surface area contributed by atoms with Gasteiger partial charge in [-0.25, -0.2) is 0 Å². The van der Waals surface area contributed by atoms with Gasteiger partial charge in [-0.3, -0.25) is 9.59 Å². The maximum absolute atomic E-state index is 12.5. The summed E-state index contributed by atoms with van der Waals surface area (Å²) >= 11 is 1.06. The van der Waals surface area contributed by atoms with Gasteiger partial charge in [-0.15, -0.1) is 0 Å². The van der Waals surface area contributed by atoms with Crippen LogP contribution in [0.1, 0.15) is 11.1 Å². The molecule has 2 aliphatic carbocycles. The third-order valence-electron chi connectivity index (χ3n) is 5.55. The van der Waals surface area contributed by atoms with E-state index in [0.29, 0.717) is 22.7 Å². The molecule has 0 amide bonds. The van der Waals surface area contributed by atoms with E-state index in [-0.39, 0.29) is 11.6 Å². The van der Waals surface area contributed by atoms with Gasteiger partial charge >= 0.3 is 21.0 Å². The number of methoxy groups -OCH3 is 2. The molecule has 0 saturated carbocycles. The number of hydrogen-bond acceptors (Lipinski definition) is 7. The third kappa shape index (κ3) is 7.29. The molecule has 2 aromatic rings. The van der Waals surface area contributed by atoms with Gasteiger partial charge in [0.05, 0.1) is 25.6 Å². The van der Waals surface area contributed by atoms with Crippen LogP contribution in [0.2, 0.25) is 0 Å². The molecule has 38 heavy (non-hydrogen) atoms. The first-order valence-corrected chi connectivity index (χ1v) is 12.1. The second kappa shape index (κ2) is 14.3. The number of hydrogen-bond donors (Lipinski definition) is 2. The molecule has 2 aromatic carbocycles. The molecule has 0 spiro atoms. The Morgan fingerprint density at radius 3 is 1.34 bits per heavy atom. The molecule has 0 atom stereocenters. The summed E-state index contributed by atoms with van der Waals surface area (Å²) in [6.07, 6.45) is 12.9. The van der Waals surface area contributed by atoms with Gasteiger partial charge in [-0.1, -0.05) is 60.7 Å². The molecular formula is C30H26N2O5V. The SMILES string of the molecule is COC1=CC(=CNC(=C(NC=C2C=C(OC)C=CC2=O)c2ccccc2)c2ccccc2)C(=O)C=C1.[O]=[V]. The molecule has 0 fully saturated rings. The Balaban J connectivity index is 0.00000195. The van der Waals surface area contributed by atoms with Crippen molar-refractivity contribution in [1.82, 2.24) is 10.6 Å². The molecule has 8 heteroatoms. The van der Waals surface area contributed by atoms with Crippen LogP contribution in [0, 0.1) is 0 Å². The van der Waals surface area contributed by atoms with Gasteiger partial charge in [0.25, 0.3) is 0 Å². The van der Waals surface area contributed by atoms with Gasteiger partial charge < -0.3 is 20.1 Å². The molecule has 0 bridgehead atoms. The van der Waals surface area contributed by atoms with E-state index in [4.69, 9.17) is 13.1 Å². The summed E-state index contributed by atoms with van der Waals surface area (Å²) in [4.78, 5) is 24.9. The van der Waals surface area contributed by atoms with Crippen molar-refractivity contribution in [3.8, 4) is 0 Å². The Morgan fingerprint density at radius 1 is 0.632 bits per heavy atom. The minimum atomic E-state index is -0.135. The quantitative estimate of drug-likeness (QED) is 0.368. The van der Waals surface area contributed by atoms with Crippen molar-refractivity contribution < 1.29 is 40.1 Å². The van der Waals surface area contributed by atoms with E-state index >= 15 is 0 Å². The fraction of sp³-hybridized carbons (Fsp3) is 0.0667. The normalized spacial score (nSPS) is 17.1. The summed E-state index contributed by atoms with van der Waals surface area (Å²) in [5.74, 6) is 0.903. The molecule has 0 aromatic heterocycles. The first-order valence-electron chi connectivity index (χ1n) is 11.5. The fourth-order valence-corrected chi connectivity index (χ4v) is 3.64. The fourth-order valence-electron chi connectivity index (χ4n) is 3.64. The minimum absolute atomic E-state index is 0.135. The van der Waals surface area contributed by atoms with E-state index < -0.39 is 0 Å². The third-order valence-corrected chi connectivity index (χ3v) is 5.55. The summed E-state index contributed by atoms with van der Waals surface area (Å²) in [5.41, 5.74) is 4.11. The van der Waals surface area contributed by atoms with Crippen molar-refractivity contribution >= 4 is 23.0 Å². The van der Waals surface area contributed by atoms with Crippen LogP contribution in [0.5, 0.6) is 0 Å². The van der Waals surface area contributed by atoms with E-state index in [1.807, 2.05) is 60.7 Å². The zero-order valence-electron chi connectivity index (χ0n) is 20.9. The average molecular weight is 545 g/mol. The van der Waals surface area contributed by atoms with Gasteiger partial charge in [0.15, 0.2) is 11.6 Å². The topological polar surface area (TPSA) is 93.7 Å². The maximum atomic E-state index is 12.5. The first kappa shape index (κ1) is 28.1. The van der Waals surface area contributed by atoms with Crippen molar-refractivity contribution in [2.45, 2.75) is 0 Å². The zero-order chi connectivity index (χ0) is 27.3. The number of rotatable bonds is 8. The van der Waals surface area contributed by atoms with E-state index in [0.717, 1.165) is 39.9 Å². The Bertz CT molecular complexity index is 1280. The van der Waals surface area contributed by atoms with Crippen molar-refractivity contribution in [2.75, 3.05) is 14.2 Å². The van der Waals surface area contributed by atoms with Crippen LogP contribution in [0.3, 0.4) is 0 Å². The molecule has 0 aliphatic heterocycles. The summed E-state index contributed by atoms with van der Waals surface area (Å²) in [7, 11) is 3.12. The first-order chi connectivity index (χ1) is 18.6. The van der Waals surface area contributed by atoms with Crippen LogP contribution in [0.25, 0.3) is 11.4 Å². The van der Waals surface area contributed by atoms with E-state index in [2.05, 4.69) is 10.6 Å². The van der Waals surface area contributed by atoms with Crippen LogP contribution in [-0.4, -0.2) is 25.8 Å². The standard InChI is InChI=1S/C30H26N2O4.O.V/c1-35-25-13-15-27(33)23(17-25)19-31-29(21-9-5-3-6-10-21)30(22-11-7-4-8-12-22)32-20-24-18-26(36-2)14-16-28(24)34;;/h3-20,31-32H,1-2H3;;. The number of carbonyl (C=O) groups excluding carboxylic acids is 2. The summed E-state index contributed by atoms with van der Waals surface area (Å²) in [5, 5.41) is 6.66. The Hall–Kier alpha value is -4.46. The van der Waals surface area contributed by atoms with Gasteiger partial charge in [0, 0.05) is 34.7 Å². The predicted molar refractivity (Wildman–Crippen MR) is 141 cm³/mol.